The Morgan fingerprint density at radius 3 is 2.54 bits per heavy atom. The second-order valence-electron chi connectivity index (χ2n) is 6.68. The first-order chi connectivity index (χ1) is 13.4. The van der Waals surface area contributed by atoms with Crippen molar-refractivity contribution in [1.82, 2.24) is 10.2 Å². The highest BCUT2D eigenvalue weighted by atomic mass is 35.5. The number of rotatable bonds is 3. The third-order valence-corrected chi connectivity index (χ3v) is 5.14. The van der Waals surface area contributed by atoms with Crippen molar-refractivity contribution >= 4 is 34.2 Å². The van der Waals surface area contributed by atoms with E-state index in [1.54, 1.807) is 0 Å². The van der Waals surface area contributed by atoms with Crippen LogP contribution in [-0.2, 0) is 0 Å². The number of hydrogen-bond donors (Lipinski definition) is 2. The molecule has 0 unspecified atom stereocenters. The number of fused-ring (bicyclic) bond motifs is 1. The van der Waals surface area contributed by atoms with E-state index >= 15 is 0 Å². The molecule has 1 heterocycles. The standard InChI is InChI=1S/C22H17ClFN3O/c1-12-6-7-14(10-13(12)2)15-8-9-16-19(11-15)26-27-21(16)25-22(28)20-17(23)4-3-5-18(20)24/h3-11H,1-2H3,(H2,25,26,27,28). The molecule has 0 saturated carbocycles. The summed E-state index contributed by atoms with van der Waals surface area (Å²) in [5.74, 6) is -0.998. The summed E-state index contributed by atoms with van der Waals surface area (Å²) < 4.78 is 14.0. The van der Waals surface area contributed by atoms with E-state index in [0.717, 1.165) is 22.0 Å². The number of H-pyrrole nitrogens is 1. The lowest BCUT2D eigenvalue weighted by atomic mass is 10.00. The van der Waals surface area contributed by atoms with Gasteiger partial charge in [0.15, 0.2) is 5.82 Å². The van der Waals surface area contributed by atoms with Crippen LogP contribution in [0.1, 0.15) is 21.5 Å². The number of aryl methyl sites for hydroxylation is 2. The number of nitrogens with zero attached hydrogens (tertiary/aromatic N) is 1. The Kier molecular flexibility index (Phi) is 4.61. The minimum absolute atomic E-state index is 0.0503. The summed E-state index contributed by atoms with van der Waals surface area (Å²) in [6.07, 6.45) is 0. The van der Waals surface area contributed by atoms with Gasteiger partial charge in [-0.05, 0) is 60.4 Å². The zero-order valence-electron chi connectivity index (χ0n) is 15.3. The van der Waals surface area contributed by atoms with E-state index in [0.29, 0.717) is 5.82 Å². The van der Waals surface area contributed by atoms with E-state index in [9.17, 15) is 9.18 Å². The predicted molar refractivity (Wildman–Crippen MR) is 110 cm³/mol. The number of anilines is 1. The third kappa shape index (κ3) is 3.25. The lowest BCUT2D eigenvalue weighted by molar-refractivity contribution is 0.102. The Hall–Kier alpha value is -3.18. The first-order valence-corrected chi connectivity index (χ1v) is 9.13. The molecule has 0 aliphatic rings. The van der Waals surface area contributed by atoms with Crippen molar-refractivity contribution in [2.24, 2.45) is 0 Å². The number of halogens is 2. The van der Waals surface area contributed by atoms with Crippen LogP contribution in [0.25, 0.3) is 22.0 Å². The van der Waals surface area contributed by atoms with Gasteiger partial charge in [0, 0.05) is 5.39 Å². The molecule has 1 aromatic heterocycles. The van der Waals surface area contributed by atoms with Gasteiger partial charge < -0.3 is 5.32 Å². The quantitative estimate of drug-likeness (QED) is 0.455. The second-order valence-corrected chi connectivity index (χ2v) is 7.09. The molecule has 0 bridgehead atoms. The van der Waals surface area contributed by atoms with Gasteiger partial charge in [0.2, 0.25) is 0 Å². The molecule has 0 aliphatic heterocycles. The molecule has 0 atom stereocenters. The van der Waals surface area contributed by atoms with Crippen molar-refractivity contribution in [3.8, 4) is 11.1 Å². The smallest absolute Gasteiger partial charge is 0.261 e. The Morgan fingerprint density at radius 1 is 1.04 bits per heavy atom. The molecule has 0 radical (unpaired) electrons. The molecular weight excluding hydrogens is 377 g/mol. The van der Waals surface area contributed by atoms with Crippen LogP contribution in [-0.4, -0.2) is 16.1 Å². The Balaban J connectivity index is 1.67. The van der Waals surface area contributed by atoms with Gasteiger partial charge in [-0.25, -0.2) is 4.39 Å². The minimum atomic E-state index is -0.679. The molecule has 1 amide bonds. The normalized spacial score (nSPS) is 11.0. The number of hydrogen-bond acceptors (Lipinski definition) is 2. The maximum Gasteiger partial charge on any atom is 0.261 e. The predicted octanol–water partition coefficient (Wildman–Crippen LogP) is 5.89. The van der Waals surface area contributed by atoms with Gasteiger partial charge in [-0.1, -0.05) is 41.9 Å². The molecule has 4 aromatic rings. The van der Waals surface area contributed by atoms with Gasteiger partial charge in [-0.15, -0.1) is 0 Å². The molecule has 6 heteroatoms. The maximum atomic E-state index is 14.0. The van der Waals surface area contributed by atoms with Gasteiger partial charge in [-0.2, -0.15) is 5.10 Å². The number of carbonyl (C=O) groups excluding carboxylic acids is 1. The summed E-state index contributed by atoms with van der Waals surface area (Å²) >= 11 is 5.97. The SMILES string of the molecule is Cc1ccc(-c2ccc3c(NC(=O)c4c(F)cccc4Cl)n[nH]c3c2)cc1C. The van der Waals surface area contributed by atoms with Crippen LogP contribution in [0.2, 0.25) is 5.02 Å². The fraction of sp³-hybridized carbons (Fsp3) is 0.0909. The van der Waals surface area contributed by atoms with Crippen LogP contribution >= 0.6 is 11.6 Å². The van der Waals surface area contributed by atoms with Crippen molar-refractivity contribution in [2.45, 2.75) is 13.8 Å². The monoisotopic (exact) mass is 393 g/mol. The molecule has 4 rings (SSSR count). The molecule has 0 fully saturated rings. The average Bonchev–Trinajstić information content (AvgIpc) is 3.06. The molecular formula is C22H17ClFN3O. The Labute approximate surface area is 166 Å². The third-order valence-electron chi connectivity index (χ3n) is 4.82. The highest BCUT2D eigenvalue weighted by molar-refractivity contribution is 6.34. The lowest BCUT2D eigenvalue weighted by Crippen LogP contribution is -2.14. The minimum Gasteiger partial charge on any atom is -0.304 e. The number of benzene rings is 3. The molecule has 4 nitrogen and oxygen atoms in total. The number of aromatic nitrogens is 2. The summed E-state index contributed by atoms with van der Waals surface area (Å²) in [7, 11) is 0. The Morgan fingerprint density at radius 2 is 1.79 bits per heavy atom. The summed E-state index contributed by atoms with van der Waals surface area (Å²) in [5.41, 5.74) is 5.16. The fourth-order valence-corrected chi connectivity index (χ4v) is 3.35. The van der Waals surface area contributed by atoms with Gasteiger partial charge in [0.05, 0.1) is 16.1 Å². The Bertz CT molecular complexity index is 1200. The number of carbonyl (C=O) groups is 1. The van der Waals surface area contributed by atoms with Gasteiger partial charge >= 0.3 is 0 Å². The average molecular weight is 394 g/mol. The summed E-state index contributed by atoms with van der Waals surface area (Å²) in [4.78, 5) is 12.5. The number of amides is 1. The molecule has 0 saturated heterocycles. The van der Waals surface area contributed by atoms with Crippen LogP contribution in [0.5, 0.6) is 0 Å². The highest BCUT2D eigenvalue weighted by Crippen LogP contribution is 2.29. The summed E-state index contributed by atoms with van der Waals surface area (Å²) in [6, 6.07) is 16.2. The molecule has 2 N–H and O–H groups in total. The second kappa shape index (κ2) is 7.09. The highest BCUT2D eigenvalue weighted by Gasteiger charge is 2.18. The number of aromatic amines is 1. The first kappa shape index (κ1) is 18.2. The van der Waals surface area contributed by atoms with E-state index in [4.69, 9.17) is 11.6 Å². The summed E-state index contributed by atoms with van der Waals surface area (Å²) in [5, 5.41) is 10.5. The maximum absolute atomic E-state index is 14.0. The van der Waals surface area contributed by atoms with Crippen molar-refractivity contribution in [2.75, 3.05) is 5.32 Å². The van der Waals surface area contributed by atoms with Gasteiger partial charge in [0.25, 0.3) is 5.91 Å². The molecule has 28 heavy (non-hydrogen) atoms. The van der Waals surface area contributed by atoms with Crippen molar-refractivity contribution < 1.29 is 9.18 Å². The van der Waals surface area contributed by atoms with E-state index in [-0.39, 0.29) is 10.6 Å². The largest absolute Gasteiger partial charge is 0.304 e. The van der Waals surface area contributed by atoms with Crippen molar-refractivity contribution in [1.29, 1.82) is 0 Å². The molecule has 3 aromatic carbocycles. The van der Waals surface area contributed by atoms with Crippen LogP contribution in [0, 0.1) is 19.7 Å². The van der Waals surface area contributed by atoms with Crippen LogP contribution < -0.4 is 5.32 Å². The topological polar surface area (TPSA) is 57.8 Å². The number of nitrogens with one attached hydrogen (secondary N) is 2. The van der Waals surface area contributed by atoms with Crippen LogP contribution in [0.15, 0.2) is 54.6 Å². The zero-order valence-corrected chi connectivity index (χ0v) is 16.1. The fourth-order valence-electron chi connectivity index (χ4n) is 3.10. The molecule has 0 aliphatic carbocycles. The van der Waals surface area contributed by atoms with Crippen LogP contribution in [0.3, 0.4) is 0 Å². The molecule has 0 spiro atoms. The van der Waals surface area contributed by atoms with E-state index in [1.807, 2.05) is 18.2 Å². The van der Waals surface area contributed by atoms with Crippen LogP contribution in [0.4, 0.5) is 10.2 Å². The van der Waals surface area contributed by atoms with E-state index in [2.05, 4.69) is 47.6 Å². The van der Waals surface area contributed by atoms with Gasteiger partial charge in [0.1, 0.15) is 5.82 Å². The van der Waals surface area contributed by atoms with Crippen molar-refractivity contribution in [3.63, 3.8) is 0 Å². The first-order valence-electron chi connectivity index (χ1n) is 8.75. The zero-order chi connectivity index (χ0) is 19.8. The molecule has 140 valence electrons. The van der Waals surface area contributed by atoms with Crippen molar-refractivity contribution in [3.05, 3.63) is 82.1 Å². The van der Waals surface area contributed by atoms with Gasteiger partial charge in [-0.3, -0.25) is 9.89 Å². The van der Waals surface area contributed by atoms with E-state index < -0.39 is 11.7 Å². The van der Waals surface area contributed by atoms with E-state index in [1.165, 1.54) is 29.3 Å². The summed E-state index contributed by atoms with van der Waals surface area (Å²) in [6.45, 7) is 4.16. The lowest BCUT2D eigenvalue weighted by Gasteiger charge is -2.07.